The van der Waals surface area contributed by atoms with Gasteiger partial charge in [0.05, 0.1) is 20.7 Å². The van der Waals surface area contributed by atoms with Gasteiger partial charge >= 0.3 is 5.00 Å². The molecule has 0 saturated carbocycles. The lowest BCUT2D eigenvalue weighted by molar-refractivity contribution is -0.380. The van der Waals surface area contributed by atoms with E-state index in [0.717, 1.165) is 11.3 Å². The number of amides is 1. The quantitative estimate of drug-likeness (QED) is 0.522. The normalized spacial score (nSPS) is 13.2. The predicted molar refractivity (Wildman–Crippen MR) is 67.8 cm³/mol. The first kappa shape index (κ1) is 13.9. The minimum atomic E-state index is -0.572. The van der Waals surface area contributed by atoms with Gasteiger partial charge < -0.3 is 5.32 Å². The smallest absolute Gasteiger partial charge is 0.324 e. The summed E-state index contributed by atoms with van der Waals surface area (Å²) in [6.07, 6.45) is 0. The fourth-order valence-electron chi connectivity index (χ4n) is 1.00. The molecule has 7 heteroatoms. The van der Waals surface area contributed by atoms with E-state index in [-0.39, 0.29) is 16.3 Å². The van der Waals surface area contributed by atoms with E-state index in [2.05, 4.69) is 5.32 Å². The zero-order valence-electron chi connectivity index (χ0n) is 9.69. The van der Waals surface area contributed by atoms with Crippen LogP contribution >= 0.6 is 22.9 Å². The highest BCUT2D eigenvalue weighted by atomic mass is 35.5. The van der Waals surface area contributed by atoms with Crippen LogP contribution in [-0.2, 0) is 0 Å². The van der Waals surface area contributed by atoms with Crippen LogP contribution in [0.15, 0.2) is 12.1 Å². The van der Waals surface area contributed by atoms with Gasteiger partial charge in [-0.3, -0.25) is 14.9 Å². The summed E-state index contributed by atoms with van der Waals surface area (Å²) in [5.41, 5.74) is -0.572. The Hall–Kier alpha value is -1.14. The first-order valence-corrected chi connectivity index (χ1v) is 6.20. The van der Waals surface area contributed by atoms with E-state index in [1.54, 1.807) is 20.8 Å². The molecule has 0 spiro atoms. The summed E-state index contributed by atoms with van der Waals surface area (Å²) in [5.74, 6) is -0.347. The number of thiophene rings is 1. The average molecular weight is 277 g/mol. The van der Waals surface area contributed by atoms with Gasteiger partial charge in [-0.1, -0.05) is 11.3 Å². The van der Waals surface area contributed by atoms with Gasteiger partial charge in [0.25, 0.3) is 5.91 Å². The summed E-state index contributed by atoms with van der Waals surface area (Å²) in [4.78, 5) is 22.1. The van der Waals surface area contributed by atoms with Crippen LogP contribution in [0.2, 0.25) is 0 Å². The molecule has 0 aliphatic rings. The third-order valence-electron chi connectivity index (χ3n) is 2.43. The third kappa shape index (κ3) is 3.41. The molecule has 0 saturated heterocycles. The lowest BCUT2D eigenvalue weighted by Crippen LogP contribution is -2.48. The topological polar surface area (TPSA) is 72.2 Å². The van der Waals surface area contributed by atoms with Gasteiger partial charge in [0.1, 0.15) is 0 Å². The molecule has 17 heavy (non-hydrogen) atoms. The van der Waals surface area contributed by atoms with Gasteiger partial charge in [-0.25, -0.2) is 0 Å². The van der Waals surface area contributed by atoms with Crippen LogP contribution < -0.4 is 5.32 Å². The van der Waals surface area contributed by atoms with Gasteiger partial charge in [-0.05, 0) is 26.8 Å². The zero-order valence-corrected chi connectivity index (χ0v) is 11.3. The molecule has 1 aromatic heterocycles. The summed E-state index contributed by atoms with van der Waals surface area (Å²) in [6, 6.07) is 2.75. The van der Waals surface area contributed by atoms with Crippen molar-refractivity contribution >= 4 is 33.8 Å². The van der Waals surface area contributed by atoms with E-state index >= 15 is 0 Å². The molecule has 0 aromatic carbocycles. The molecular weight excluding hydrogens is 264 g/mol. The third-order valence-corrected chi connectivity index (χ3v) is 4.01. The highest BCUT2D eigenvalue weighted by Gasteiger charge is 2.27. The summed E-state index contributed by atoms with van der Waals surface area (Å²) < 4.78 is 0. The van der Waals surface area contributed by atoms with Crippen LogP contribution in [0.4, 0.5) is 5.00 Å². The van der Waals surface area contributed by atoms with E-state index in [1.807, 2.05) is 0 Å². The van der Waals surface area contributed by atoms with Gasteiger partial charge in [-0.2, -0.15) is 0 Å². The Balaban J connectivity index is 2.80. The van der Waals surface area contributed by atoms with Crippen LogP contribution in [0.25, 0.3) is 0 Å². The number of carbonyl (C=O) groups is 1. The maximum atomic E-state index is 11.8. The van der Waals surface area contributed by atoms with Gasteiger partial charge in [0.2, 0.25) is 0 Å². The molecule has 1 atom stereocenters. The van der Waals surface area contributed by atoms with Crippen molar-refractivity contribution in [1.82, 2.24) is 5.32 Å². The van der Waals surface area contributed by atoms with Crippen LogP contribution in [-0.4, -0.2) is 21.7 Å². The summed E-state index contributed by atoms with van der Waals surface area (Å²) >= 11 is 6.78. The summed E-state index contributed by atoms with van der Waals surface area (Å²) in [6.45, 7) is 5.37. The number of rotatable bonds is 4. The second-order valence-electron chi connectivity index (χ2n) is 4.19. The van der Waals surface area contributed by atoms with Crippen molar-refractivity contribution < 1.29 is 9.72 Å². The monoisotopic (exact) mass is 276 g/mol. The van der Waals surface area contributed by atoms with E-state index < -0.39 is 10.5 Å². The Morgan fingerprint density at radius 2 is 2.18 bits per heavy atom. The lowest BCUT2D eigenvalue weighted by Gasteiger charge is -2.28. The van der Waals surface area contributed by atoms with E-state index in [1.165, 1.54) is 12.1 Å². The van der Waals surface area contributed by atoms with E-state index in [0.29, 0.717) is 4.88 Å². The molecule has 1 amide bonds. The maximum absolute atomic E-state index is 11.8. The number of hydrogen-bond acceptors (Lipinski definition) is 4. The Morgan fingerprint density at radius 3 is 2.59 bits per heavy atom. The van der Waals surface area contributed by atoms with Crippen molar-refractivity contribution in [2.45, 2.75) is 31.7 Å². The number of halogens is 1. The van der Waals surface area contributed by atoms with Crippen LogP contribution in [0, 0.1) is 10.1 Å². The molecule has 0 aliphatic carbocycles. The molecule has 1 rings (SSSR count). The van der Waals surface area contributed by atoms with Crippen molar-refractivity contribution in [3.8, 4) is 0 Å². The average Bonchev–Trinajstić information content (AvgIpc) is 2.65. The molecule has 5 nitrogen and oxygen atoms in total. The SMILES string of the molecule is CC(Cl)C(C)(C)NC(=O)c1ccc([N+](=O)[O-])s1. The maximum Gasteiger partial charge on any atom is 0.324 e. The molecular formula is C10H13ClN2O3S. The van der Waals surface area contributed by atoms with Crippen molar-refractivity contribution in [3.05, 3.63) is 27.1 Å². The molecule has 0 radical (unpaired) electrons. The molecule has 1 N–H and O–H groups in total. The Labute approximate surface area is 108 Å². The number of nitrogens with zero attached hydrogens (tertiary/aromatic N) is 1. The van der Waals surface area contributed by atoms with Crippen molar-refractivity contribution in [2.75, 3.05) is 0 Å². The summed E-state index contributed by atoms with van der Waals surface area (Å²) in [5, 5.41) is 12.9. The highest BCUT2D eigenvalue weighted by Crippen LogP contribution is 2.25. The van der Waals surface area contributed by atoms with Crippen molar-refractivity contribution in [1.29, 1.82) is 0 Å². The molecule has 0 bridgehead atoms. The first-order chi connectivity index (χ1) is 7.74. The molecule has 1 unspecified atom stereocenters. The highest BCUT2D eigenvalue weighted by molar-refractivity contribution is 7.17. The van der Waals surface area contributed by atoms with Crippen molar-refractivity contribution in [3.63, 3.8) is 0 Å². The number of alkyl halides is 1. The standard InChI is InChI=1S/C10H13ClN2O3S/c1-6(11)10(2,3)12-9(14)7-4-5-8(17-7)13(15)16/h4-6H,1-3H3,(H,12,14). The lowest BCUT2D eigenvalue weighted by atomic mass is 10.0. The summed E-state index contributed by atoms with van der Waals surface area (Å²) in [7, 11) is 0. The van der Waals surface area contributed by atoms with E-state index in [4.69, 9.17) is 11.6 Å². The second kappa shape index (κ2) is 5.01. The second-order valence-corrected chi connectivity index (χ2v) is 5.90. The fraction of sp³-hybridized carbons (Fsp3) is 0.500. The number of hydrogen-bond donors (Lipinski definition) is 1. The van der Waals surface area contributed by atoms with Gasteiger partial charge in [0.15, 0.2) is 0 Å². The minimum Gasteiger partial charge on any atom is -0.345 e. The Bertz CT molecular complexity index is 443. The zero-order chi connectivity index (χ0) is 13.2. The predicted octanol–water partition coefficient (Wildman–Crippen LogP) is 2.79. The van der Waals surface area contributed by atoms with E-state index in [9.17, 15) is 14.9 Å². The molecule has 1 heterocycles. The molecule has 94 valence electrons. The molecule has 0 aliphatic heterocycles. The Kier molecular flexibility index (Phi) is 4.11. The van der Waals surface area contributed by atoms with Crippen LogP contribution in [0.5, 0.6) is 0 Å². The number of nitro groups is 1. The van der Waals surface area contributed by atoms with Crippen molar-refractivity contribution in [2.24, 2.45) is 0 Å². The minimum absolute atomic E-state index is 0.0492. The van der Waals surface area contributed by atoms with Gasteiger partial charge in [0, 0.05) is 6.07 Å². The largest absolute Gasteiger partial charge is 0.345 e. The fourth-order valence-corrected chi connectivity index (χ4v) is 1.77. The first-order valence-electron chi connectivity index (χ1n) is 4.95. The van der Waals surface area contributed by atoms with Gasteiger partial charge in [-0.15, -0.1) is 11.6 Å². The Morgan fingerprint density at radius 1 is 1.59 bits per heavy atom. The molecule has 1 aromatic rings. The molecule has 0 fully saturated rings. The number of carbonyl (C=O) groups excluding carboxylic acids is 1. The van der Waals surface area contributed by atoms with Crippen LogP contribution in [0.3, 0.4) is 0 Å². The number of nitrogens with one attached hydrogen (secondary N) is 1. The van der Waals surface area contributed by atoms with Crippen LogP contribution in [0.1, 0.15) is 30.4 Å².